The molecule has 1 aromatic rings. The highest BCUT2D eigenvalue weighted by Gasteiger charge is 2.69. The first-order chi connectivity index (χ1) is 10.7. The minimum Gasteiger partial charge on any atom is -0.478 e. The molecule has 0 fully saturated rings. The van der Waals surface area contributed by atoms with Crippen LogP contribution in [0.5, 0.6) is 0 Å². The molecule has 1 N–H and O–H groups in total. The highest BCUT2D eigenvalue weighted by atomic mass is 19.4. The van der Waals surface area contributed by atoms with E-state index in [9.17, 15) is 31.7 Å². The number of hydrogen-bond acceptors (Lipinski definition) is 4. The second kappa shape index (κ2) is 6.34. The fraction of sp³-hybridized carbons (Fsp3) is 0.429. The third-order valence-electron chi connectivity index (χ3n) is 2.82. The highest BCUT2D eigenvalue weighted by molar-refractivity contribution is 5.92. The molecule has 0 aliphatic rings. The van der Waals surface area contributed by atoms with Crippen LogP contribution in [0, 0.1) is 0 Å². The maximum atomic E-state index is 14.3. The topological polar surface area (TPSA) is 66.8 Å². The summed E-state index contributed by atoms with van der Waals surface area (Å²) in [6.07, 6.45) is 0. The van der Waals surface area contributed by atoms with Gasteiger partial charge in [-0.25, -0.2) is 14.0 Å². The van der Waals surface area contributed by atoms with Gasteiger partial charge in [-0.2, -0.15) is 8.78 Å². The number of hydrogen-bond donors (Lipinski definition) is 1. The van der Waals surface area contributed by atoms with Gasteiger partial charge in [-0.3, -0.25) is 0 Å². The summed E-state index contributed by atoms with van der Waals surface area (Å²) in [5.41, 5.74) is -3.57. The summed E-state index contributed by atoms with van der Waals surface area (Å²) in [4.78, 5) is 22.7. The number of rotatable bonds is 5. The molecule has 0 aromatic heterocycles. The van der Waals surface area contributed by atoms with E-state index < -0.39 is 45.7 Å². The molecule has 1 atom stereocenters. The number of carboxylic acids is 1. The molecule has 0 aliphatic carbocycles. The number of alkyl halides is 3. The number of carbonyl (C=O) groups excluding carboxylic acids is 1. The van der Waals surface area contributed by atoms with Gasteiger partial charge in [-0.1, -0.05) is 27.2 Å². The van der Waals surface area contributed by atoms with Crippen molar-refractivity contribution in [2.45, 2.75) is 38.1 Å². The van der Waals surface area contributed by atoms with Gasteiger partial charge in [-0.15, -0.1) is 0 Å². The predicted octanol–water partition coefficient (Wildman–Crippen LogP) is 3.56. The van der Waals surface area contributed by atoms with Crippen molar-refractivity contribution < 1.29 is 41.6 Å². The zero-order valence-corrected chi connectivity index (χ0v) is 12.8. The third-order valence-corrected chi connectivity index (χ3v) is 2.82. The van der Waals surface area contributed by atoms with E-state index >= 15 is 0 Å². The van der Waals surface area contributed by atoms with E-state index in [1.54, 1.807) is 0 Å². The van der Waals surface area contributed by atoms with Gasteiger partial charge in [0.25, 0.3) is 0 Å². The number of carboxylic acid groups (broad SMARTS) is 1. The van der Waals surface area contributed by atoms with E-state index in [1.807, 2.05) is 0 Å². The molecule has 0 bridgehead atoms. The summed E-state index contributed by atoms with van der Waals surface area (Å²) in [5.74, 6) is -15.1. The van der Waals surface area contributed by atoms with Crippen molar-refractivity contribution in [3.8, 4) is 0 Å². The molecule has 0 radical (unpaired) electrons. The molecule has 0 unspecified atom stereocenters. The number of aliphatic carboxylic acids is 1. The maximum absolute atomic E-state index is 14.3. The van der Waals surface area contributed by atoms with Crippen molar-refractivity contribution in [3.63, 3.8) is 0 Å². The van der Waals surface area contributed by atoms with E-state index in [-0.39, 0.29) is 0 Å². The molecule has 1 rings (SSSR count). The van der Waals surface area contributed by atoms with Gasteiger partial charge in [0.1, 0.15) is 5.60 Å². The van der Waals surface area contributed by atoms with Gasteiger partial charge < -0.3 is 9.84 Å². The van der Waals surface area contributed by atoms with Gasteiger partial charge in [-0.05, 0) is 26.8 Å². The average molecular weight is 355 g/mol. The maximum Gasteiger partial charge on any atom is 0.382 e. The van der Waals surface area contributed by atoms with Crippen molar-refractivity contribution in [1.29, 1.82) is 0 Å². The number of nitrogens with zero attached hydrogens (tertiary/aromatic N) is 1. The fourth-order valence-corrected chi connectivity index (χ4v) is 1.76. The first kappa shape index (κ1) is 19.8. The smallest absolute Gasteiger partial charge is 0.382 e. The summed E-state index contributed by atoms with van der Waals surface area (Å²) < 4.78 is 72.6. The average Bonchev–Trinajstić information content (AvgIpc) is 2.43. The number of carbonyl (C=O) groups is 2. The van der Waals surface area contributed by atoms with Crippen LogP contribution in [-0.4, -0.2) is 33.8 Å². The first-order valence-electron chi connectivity index (χ1n) is 6.50. The van der Waals surface area contributed by atoms with E-state index in [1.165, 1.54) is 20.8 Å². The molecular formula is C14H14F5NO4. The van der Waals surface area contributed by atoms with Crippen LogP contribution in [0.2, 0.25) is 0 Å². The third kappa shape index (κ3) is 3.48. The summed E-state index contributed by atoms with van der Waals surface area (Å²) in [5, 5.41) is 5.77. The van der Waals surface area contributed by atoms with Crippen LogP contribution >= 0.6 is 0 Å². The minimum absolute atomic E-state index is 0.472. The largest absolute Gasteiger partial charge is 0.478 e. The molecule has 1 aromatic carbocycles. The fourth-order valence-electron chi connectivity index (χ4n) is 1.76. The van der Waals surface area contributed by atoms with Gasteiger partial charge in [0.05, 0.1) is 10.9 Å². The SMILES string of the molecule is CC(C)(C)OC(=O)c1ccccc1C(F)(F)[C@](F)(C(=O)O)N(F)F. The Labute approximate surface area is 133 Å². The first-order valence-corrected chi connectivity index (χ1v) is 6.50. The van der Waals surface area contributed by atoms with E-state index in [4.69, 9.17) is 9.84 Å². The van der Waals surface area contributed by atoms with Crippen molar-refractivity contribution in [1.82, 2.24) is 5.34 Å². The summed E-state index contributed by atoms with van der Waals surface area (Å²) in [6, 6.07) is 3.29. The van der Waals surface area contributed by atoms with Crippen molar-refractivity contribution in [3.05, 3.63) is 35.4 Å². The summed E-state index contributed by atoms with van der Waals surface area (Å²) in [6.45, 7) is 4.27. The number of benzene rings is 1. The zero-order chi connectivity index (χ0) is 18.9. The second-order valence-corrected chi connectivity index (χ2v) is 5.78. The second-order valence-electron chi connectivity index (χ2n) is 5.78. The molecule has 0 saturated carbocycles. The Morgan fingerprint density at radius 3 is 2.00 bits per heavy atom. The standard InChI is InChI=1S/C14H14F5NO4/c1-12(2,3)24-10(21)8-6-4-5-7-9(8)13(15,16)14(17,11(22)23)20(18)19/h4-7H,1-3H3,(H,22,23)/t14-/m0/s1. The quantitative estimate of drug-likeness (QED) is 0.379. The lowest BCUT2D eigenvalue weighted by molar-refractivity contribution is -0.340. The van der Waals surface area contributed by atoms with Crippen LogP contribution in [-0.2, 0) is 15.5 Å². The summed E-state index contributed by atoms with van der Waals surface area (Å²) in [7, 11) is 0. The Morgan fingerprint density at radius 1 is 1.08 bits per heavy atom. The highest BCUT2D eigenvalue weighted by Crippen LogP contribution is 2.46. The van der Waals surface area contributed by atoms with Crippen molar-refractivity contribution >= 4 is 11.9 Å². The molecule has 0 heterocycles. The molecule has 0 aliphatic heterocycles. The van der Waals surface area contributed by atoms with Gasteiger partial charge in [0.15, 0.2) is 0 Å². The van der Waals surface area contributed by atoms with Crippen LogP contribution in [0.1, 0.15) is 36.7 Å². The predicted molar refractivity (Wildman–Crippen MR) is 71.0 cm³/mol. The number of esters is 1. The zero-order valence-electron chi connectivity index (χ0n) is 12.8. The van der Waals surface area contributed by atoms with Crippen molar-refractivity contribution in [2.75, 3.05) is 0 Å². The van der Waals surface area contributed by atoms with Gasteiger partial charge in [0, 0.05) is 5.56 Å². The molecule has 0 spiro atoms. The lowest BCUT2D eigenvalue weighted by Crippen LogP contribution is -2.56. The van der Waals surface area contributed by atoms with E-state index in [0.717, 1.165) is 18.2 Å². The molecular weight excluding hydrogens is 341 g/mol. The Balaban J connectivity index is 3.51. The molecule has 24 heavy (non-hydrogen) atoms. The summed E-state index contributed by atoms with van der Waals surface area (Å²) >= 11 is 0. The van der Waals surface area contributed by atoms with Gasteiger partial charge in [0.2, 0.25) is 0 Å². The normalized spacial score (nSPS) is 15.0. The van der Waals surface area contributed by atoms with Crippen molar-refractivity contribution in [2.24, 2.45) is 0 Å². The van der Waals surface area contributed by atoms with Crippen LogP contribution in [0.25, 0.3) is 0 Å². The Hall–Kier alpha value is -2.23. The van der Waals surface area contributed by atoms with Crippen LogP contribution in [0.15, 0.2) is 24.3 Å². The molecule has 10 heteroatoms. The molecule has 134 valence electrons. The Kier molecular flexibility index (Phi) is 5.24. The lowest BCUT2D eigenvalue weighted by Gasteiger charge is -2.30. The van der Waals surface area contributed by atoms with Crippen LogP contribution in [0.3, 0.4) is 0 Å². The Morgan fingerprint density at radius 2 is 1.58 bits per heavy atom. The monoisotopic (exact) mass is 355 g/mol. The Bertz CT molecular complexity index is 644. The van der Waals surface area contributed by atoms with E-state index in [2.05, 4.69) is 0 Å². The number of ether oxygens (including phenoxy) is 1. The molecule has 5 nitrogen and oxygen atoms in total. The van der Waals surface area contributed by atoms with Crippen LogP contribution in [0.4, 0.5) is 22.1 Å². The van der Waals surface area contributed by atoms with Crippen LogP contribution < -0.4 is 0 Å². The molecule has 0 amide bonds. The molecule has 0 saturated heterocycles. The van der Waals surface area contributed by atoms with E-state index in [0.29, 0.717) is 6.07 Å². The minimum atomic E-state index is -5.37. The lowest BCUT2D eigenvalue weighted by atomic mass is 9.94. The van der Waals surface area contributed by atoms with Gasteiger partial charge >= 0.3 is 23.7 Å². The number of halogens is 5.